The van der Waals surface area contributed by atoms with Crippen LogP contribution in [0.2, 0.25) is 0 Å². The third-order valence-electron chi connectivity index (χ3n) is 2.29. The van der Waals surface area contributed by atoms with Gasteiger partial charge in [0, 0.05) is 6.42 Å². The minimum atomic E-state index is -0.530. The quantitative estimate of drug-likeness (QED) is 0.646. The number of hydrogen-bond donors (Lipinski definition) is 1. The lowest BCUT2D eigenvalue weighted by Crippen LogP contribution is -2.03. The Morgan fingerprint density at radius 2 is 2.42 bits per heavy atom. The van der Waals surface area contributed by atoms with Crippen molar-refractivity contribution in [3.8, 4) is 0 Å². The van der Waals surface area contributed by atoms with E-state index in [9.17, 15) is 9.90 Å². The summed E-state index contributed by atoms with van der Waals surface area (Å²) in [5.74, 6) is 0.0989. The number of rotatable bonds is 3. The second-order valence-electron chi connectivity index (χ2n) is 3.13. The predicted molar refractivity (Wildman–Crippen MR) is 47.8 cm³/mol. The summed E-state index contributed by atoms with van der Waals surface area (Å²) >= 11 is 0. The van der Waals surface area contributed by atoms with Crippen molar-refractivity contribution in [1.82, 2.24) is 0 Å². The van der Waals surface area contributed by atoms with E-state index in [1.54, 1.807) is 6.08 Å². The van der Waals surface area contributed by atoms with Gasteiger partial charge in [0.2, 0.25) is 0 Å². The van der Waals surface area contributed by atoms with Crippen molar-refractivity contribution in [1.29, 1.82) is 0 Å². The van der Waals surface area contributed by atoms with Crippen LogP contribution in [0.15, 0.2) is 23.8 Å². The molecule has 0 heterocycles. The average Bonchev–Trinajstić information content (AvgIpc) is 2.25. The Morgan fingerprint density at radius 3 is 2.83 bits per heavy atom. The molecule has 0 spiro atoms. The number of carbonyl (C=O) groups excluding carboxylic acids is 1. The van der Waals surface area contributed by atoms with Crippen molar-refractivity contribution < 1.29 is 9.90 Å². The lowest BCUT2D eigenvalue weighted by molar-refractivity contribution is -0.115. The highest BCUT2D eigenvalue weighted by molar-refractivity contribution is 5.99. The second kappa shape index (κ2) is 3.68. The van der Waals surface area contributed by atoms with Crippen LogP contribution in [0.1, 0.15) is 26.2 Å². The molecule has 1 atom stereocenters. The molecule has 12 heavy (non-hydrogen) atoms. The monoisotopic (exact) mass is 166 g/mol. The van der Waals surface area contributed by atoms with Gasteiger partial charge in [-0.15, -0.1) is 6.58 Å². The molecular formula is C10H14O2. The highest BCUT2D eigenvalue weighted by atomic mass is 16.3. The Kier molecular flexibility index (Phi) is 2.82. The molecule has 0 radical (unpaired) electrons. The van der Waals surface area contributed by atoms with E-state index in [-0.39, 0.29) is 12.2 Å². The van der Waals surface area contributed by atoms with Gasteiger partial charge in [-0.2, -0.15) is 0 Å². The first-order valence-electron chi connectivity index (χ1n) is 4.18. The van der Waals surface area contributed by atoms with Crippen LogP contribution in [0, 0.1) is 0 Å². The number of carbonyl (C=O) groups is 1. The lowest BCUT2D eigenvalue weighted by atomic mass is 10.1. The molecule has 0 bridgehead atoms. The summed E-state index contributed by atoms with van der Waals surface area (Å²) in [6.07, 6.45) is 3.07. The van der Waals surface area contributed by atoms with Crippen LogP contribution in [-0.4, -0.2) is 17.0 Å². The Balaban J connectivity index is 2.71. The fourth-order valence-corrected chi connectivity index (χ4v) is 1.46. The molecule has 1 unspecified atom stereocenters. The maximum Gasteiger partial charge on any atom is 0.161 e. The first-order chi connectivity index (χ1) is 5.66. The Morgan fingerprint density at radius 1 is 1.75 bits per heavy atom. The van der Waals surface area contributed by atoms with E-state index in [4.69, 9.17) is 0 Å². The van der Waals surface area contributed by atoms with E-state index >= 15 is 0 Å². The number of Topliss-reactive ketones (excluding diaryl/α,β-unsaturated/α-hetero) is 1. The van der Waals surface area contributed by atoms with Gasteiger partial charge in [-0.05, 0) is 30.9 Å². The van der Waals surface area contributed by atoms with Crippen LogP contribution in [-0.2, 0) is 4.79 Å². The van der Waals surface area contributed by atoms with Crippen LogP contribution in [0.4, 0.5) is 0 Å². The van der Waals surface area contributed by atoms with Crippen LogP contribution in [0.3, 0.4) is 0 Å². The molecule has 1 aliphatic carbocycles. The zero-order chi connectivity index (χ0) is 9.14. The van der Waals surface area contributed by atoms with Gasteiger partial charge in [0.1, 0.15) is 0 Å². The summed E-state index contributed by atoms with van der Waals surface area (Å²) < 4.78 is 0. The largest absolute Gasteiger partial charge is 0.388 e. The van der Waals surface area contributed by atoms with Gasteiger partial charge in [-0.1, -0.05) is 6.08 Å². The predicted octanol–water partition coefficient (Wildman–Crippen LogP) is 1.60. The standard InChI is InChI=1S/C10H14O2/c1-3-4-5-8-7(2)9(11)6-10(8)12/h3,9,11H,1,4-6H2,2H3. The normalized spacial score (nSPS) is 23.5. The average molecular weight is 166 g/mol. The van der Waals surface area contributed by atoms with Gasteiger partial charge in [-0.25, -0.2) is 0 Å². The number of aliphatic hydroxyl groups excluding tert-OH is 1. The smallest absolute Gasteiger partial charge is 0.161 e. The summed E-state index contributed by atoms with van der Waals surface area (Å²) in [6.45, 7) is 5.42. The molecule has 2 nitrogen and oxygen atoms in total. The molecule has 1 aliphatic rings. The van der Waals surface area contributed by atoms with Crippen molar-refractivity contribution in [2.24, 2.45) is 0 Å². The molecule has 0 saturated carbocycles. The first-order valence-corrected chi connectivity index (χ1v) is 4.18. The van der Waals surface area contributed by atoms with Crippen molar-refractivity contribution in [2.45, 2.75) is 32.3 Å². The zero-order valence-corrected chi connectivity index (χ0v) is 7.34. The van der Waals surface area contributed by atoms with Gasteiger partial charge >= 0.3 is 0 Å². The Hall–Kier alpha value is -0.890. The summed E-state index contributed by atoms with van der Waals surface area (Å²) in [5, 5.41) is 9.33. The van der Waals surface area contributed by atoms with Gasteiger partial charge in [0.15, 0.2) is 5.78 Å². The molecule has 0 saturated heterocycles. The van der Waals surface area contributed by atoms with Crippen molar-refractivity contribution in [2.75, 3.05) is 0 Å². The topological polar surface area (TPSA) is 37.3 Å². The molecule has 66 valence electrons. The first kappa shape index (κ1) is 9.20. The maximum absolute atomic E-state index is 11.2. The van der Waals surface area contributed by atoms with E-state index in [0.717, 1.165) is 24.0 Å². The summed E-state index contributed by atoms with van der Waals surface area (Å²) in [5.41, 5.74) is 1.66. The third-order valence-corrected chi connectivity index (χ3v) is 2.29. The molecule has 0 fully saturated rings. The van der Waals surface area contributed by atoms with Gasteiger partial charge in [0.25, 0.3) is 0 Å². The molecule has 1 rings (SSSR count). The summed E-state index contributed by atoms with van der Waals surface area (Å²) in [7, 11) is 0. The highest BCUT2D eigenvalue weighted by Crippen LogP contribution is 2.26. The fraction of sp³-hybridized carbons (Fsp3) is 0.500. The number of aliphatic hydroxyl groups is 1. The summed E-state index contributed by atoms with van der Waals surface area (Å²) in [4.78, 5) is 11.2. The minimum absolute atomic E-state index is 0.0989. The minimum Gasteiger partial charge on any atom is -0.388 e. The van der Waals surface area contributed by atoms with E-state index in [2.05, 4.69) is 6.58 Å². The van der Waals surface area contributed by atoms with Crippen LogP contribution < -0.4 is 0 Å². The molecule has 0 amide bonds. The number of ketones is 1. The van der Waals surface area contributed by atoms with Crippen molar-refractivity contribution in [3.05, 3.63) is 23.8 Å². The number of allylic oxidation sites excluding steroid dienone is 2. The van der Waals surface area contributed by atoms with Gasteiger partial charge in [0.05, 0.1) is 6.10 Å². The van der Waals surface area contributed by atoms with Crippen LogP contribution in [0.25, 0.3) is 0 Å². The Labute approximate surface area is 72.6 Å². The molecule has 0 aliphatic heterocycles. The summed E-state index contributed by atoms with van der Waals surface area (Å²) in [6, 6.07) is 0. The number of hydrogen-bond acceptors (Lipinski definition) is 2. The van der Waals surface area contributed by atoms with E-state index in [0.29, 0.717) is 0 Å². The van der Waals surface area contributed by atoms with Crippen molar-refractivity contribution >= 4 is 5.78 Å². The fourth-order valence-electron chi connectivity index (χ4n) is 1.46. The highest BCUT2D eigenvalue weighted by Gasteiger charge is 2.26. The van der Waals surface area contributed by atoms with Gasteiger partial charge < -0.3 is 5.11 Å². The van der Waals surface area contributed by atoms with Crippen LogP contribution >= 0.6 is 0 Å². The molecule has 0 aromatic carbocycles. The van der Waals surface area contributed by atoms with Gasteiger partial charge in [-0.3, -0.25) is 4.79 Å². The maximum atomic E-state index is 11.2. The van der Waals surface area contributed by atoms with E-state index in [1.165, 1.54) is 0 Å². The molecule has 2 heteroatoms. The molecular weight excluding hydrogens is 152 g/mol. The second-order valence-corrected chi connectivity index (χ2v) is 3.13. The van der Waals surface area contributed by atoms with Crippen molar-refractivity contribution in [3.63, 3.8) is 0 Å². The molecule has 1 N–H and O–H groups in total. The zero-order valence-electron chi connectivity index (χ0n) is 7.34. The lowest BCUT2D eigenvalue weighted by Gasteiger charge is -2.00. The SMILES string of the molecule is C=CCCC1=C(C)C(O)CC1=O. The van der Waals surface area contributed by atoms with Crippen LogP contribution in [0.5, 0.6) is 0 Å². The Bertz CT molecular complexity index is 238. The molecule has 0 aromatic rings. The molecule has 0 aromatic heterocycles. The van der Waals surface area contributed by atoms with E-state index in [1.807, 2.05) is 6.92 Å². The van der Waals surface area contributed by atoms with E-state index < -0.39 is 6.10 Å². The third kappa shape index (κ3) is 1.64.